The van der Waals surface area contributed by atoms with Crippen molar-refractivity contribution < 1.29 is 30.0 Å². The molecule has 10 heteroatoms. The Bertz CT molecular complexity index is 539. The van der Waals surface area contributed by atoms with Crippen LogP contribution in [0.5, 0.6) is 0 Å². The fourth-order valence-electron chi connectivity index (χ4n) is 1.18. The quantitative estimate of drug-likeness (QED) is 0.334. The SMILES string of the molecule is O=Cc1cc(B(O)O)cs1.OCc1cc(B(O)O)cs1. The van der Waals surface area contributed by atoms with Crippen molar-refractivity contribution in [1.82, 2.24) is 0 Å². The summed E-state index contributed by atoms with van der Waals surface area (Å²) in [7, 11) is -2.89. The highest BCUT2D eigenvalue weighted by Gasteiger charge is 2.12. The van der Waals surface area contributed by atoms with Crippen molar-refractivity contribution in [1.29, 1.82) is 0 Å². The monoisotopic (exact) mass is 314 g/mol. The molecule has 2 rings (SSSR count). The van der Waals surface area contributed by atoms with Crippen molar-refractivity contribution >= 4 is 54.1 Å². The lowest BCUT2D eigenvalue weighted by molar-refractivity contribution is 0.112. The lowest BCUT2D eigenvalue weighted by Gasteiger charge is -1.88. The van der Waals surface area contributed by atoms with E-state index >= 15 is 0 Å². The molecular weight excluding hydrogens is 302 g/mol. The smallest absolute Gasteiger partial charge is 0.423 e. The molecule has 0 atom stereocenters. The molecule has 20 heavy (non-hydrogen) atoms. The molecule has 0 saturated carbocycles. The van der Waals surface area contributed by atoms with E-state index in [2.05, 4.69) is 0 Å². The van der Waals surface area contributed by atoms with Crippen LogP contribution in [0, 0.1) is 0 Å². The lowest BCUT2D eigenvalue weighted by atomic mass is 9.83. The van der Waals surface area contributed by atoms with E-state index in [-0.39, 0.29) is 6.61 Å². The van der Waals surface area contributed by atoms with Crippen molar-refractivity contribution in [2.45, 2.75) is 6.61 Å². The summed E-state index contributed by atoms with van der Waals surface area (Å²) in [6.45, 7) is -0.0443. The standard InChI is InChI=1S/C5H7BO3S.C5H5BO3S/c2*7-2-5-1-4(3-10-5)6(8)9/h1,3,7-9H,2H2;1-3,8-9H. The van der Waals surface area contributed by atoms with Crippen LogP contribution in [0.25, 0.3) is 0 Å². The summed E-state index contributed by atoms with van der Waals surface area (Å²) >= 11 is 2.50. The van der Waals surface area contributed by atoms with E-state index in [0.717, 1.165) is 4.88 Å². The first-order chi connectivity index (χ1) is 9.47. The fraction of sp³-hybridized carbons (Fsp3) is 0.100. The number of aliphatic hydroxyl groups excluding tert-OH is 1. The van der Waals surface area contributed by atoms with Crippen molar-refractivity contribution in [3.63, 3.8) is 0 Å². The van der Waals surface area contributed by atoms with Crippen molar-refractivity contribution in [2.24, 2.45) is 0 Å². The first-order valence-corrected chi connectivity index (χ1v) is 7.18. The average molecular weight is 314 g/mol. The van der Waals surface area contributed by atoms with E-state index in [1.807, 2.05) is 0 Å². The summed E-state index contributed by atoms with van der Waals surface area (Å²) in [5.74, 6) is 0. The molecule has 2 heterocycles. The van der Waals surface area contributed by atoms with Crippen LogP contribution in [0.3, 0.4) is 0 Å². The fourth-order valence-corrected chi connectivity index (χ4v) is 2.66. The molecule has 0 radical (unpaired) electrons. The number of hydrogen-bond acceptors (Lipinski definition) is 8. The van der Waals surface area contributed by atoms with Gasteiger partial charge in [-0.05, 0) is 33.8 Å². The third-order valence-corrected chi connectivity index (χ3v) is 4.00. The third-order valence-electron chi connectivity index (χ3n) is 2.18. The summed E-state index contributed by atoms with van der Waals surface area (Å²) in [5.41, 5.74) is 0.807. The van der Waals surface area contributed by atoms with Crippen LogP contribution in [0.1, 0.15) is 14.5 Å². The second kappa shape index (κ2) is 8.32. The zero-order chi connectivity index (χ0) is 15.1. The Kier molecular flexibility index (Phi) is 7.10. The van der Waals surface area contributed by atoms with E-state index < -0.39 is 14.2 Å². The molecule has 0 aliphatic rings. The van der Waals surface area contributed by atoms with E-state index in [4.69, 9.17) is 25.2 Å². The number of aliphatic hydroxyl groups is 1. The maximum atomic E-state index is 10.1. The van der Waals surface area contributed by atoms with Crippen molar-refractivity contribution in [3.05, 3.63) is 32.6 Å². The van der Waals surface area contributed by atoms with Crippen LogP contribution in [0.2, 0.25) is 0 Å². The molecule has 5 N–H and O–H groups in total. The van der Waals surface area contributed by atoms with E-state index in [1.165, 1.54) is 34.1 Å². The first kappa shape index (κ1) is 17.1. The highest BCUT2D eigenvalue weighted by atomic mass is 32.1. The number of aldehydes is 1. The second-order valence-electron chi connectivity index (χ2n) is 3.65. The number of thiophene rings is 2. The van der Waals surface area contributed by atoms with Gasteiger partial charge in [0.25, 0.3) is 0 Å². The van der Waals surface area contributed by atoms with Crippen LogP contribution < -0.4 is 10.9 Å². The van der Waals surface area contributed by atoms with Crippen LogP contribution in [-0.4, -0.2) is 45.7 Å². The van der Waals surface area contributed by atoms with Crippen LogP contribution in [-0.2, 0) is 6.61 Å². The topological polar surface area (TPSA) is 118 Å². The van der Waals surface area contributed by atoms with E-state index in [0.29, 0.717) is 22.1 Å². The minimum absolute atomic E-state index is 0.0443. The number of carbonyl (C=O) groups excluding carboxylic acids is 1. The van der Waals surface area contributed by atoms with Crippen molar-refractivity contribution in [2.75, 3.05) is 0 Å². The van der Waals surface area contributed by atoms with Gasteiger partial charge in [-0.1, -0.05) is 0 Å². The zero-order valence-corrected chi connectivity index (χ0v) is 11.8. The Morgan fingerprint density at radius 3 is 1.85 bits per heavy atom. The molecule has 0 bridgehead atoms. The summed E-state index contributed by atoms with van der Waals surface area (Å²) < 4.78 is 0. The summed E-state index contributed by atoms with van der Waals surface area (Å²) in [5, 5.41) is 46.1. The Balaban J connectivity index is 0.000000200. The third kappa shape index (κ3) is 5.17. The predicted molar refractivity (Wildman–Crippen MR) is 79.6 cm³/mol. The van der Waals surface area contributed by atoms with Gasteiger partial charge in [-0.2, -0.15) is 0 Å². The number of hydrogen-bond donors (Lipinski definition) is 5. The van der Waals surface area contributed by atoms with Crippen LogP contribution >= 0.6 is 22.7 Å². The first-order valence-electron chi connectivity index (χ1n) is 5.42. The van der Waals surface area contributed by atoms with E-state index in [9.17, 15) is 4.79 Å². The van der Waals surface area contributed by atoms with Gasteiger partial charge < -0.3 is 25.2 Å². The average Bonchev–Trinajstić information content (AvgIpc) is 3.08. The van der Waals surface area contributed by atoms with E-state index in [1.54, 1.807) is 11.4 Å². The van der Waals surface area contributed by atoms with Gasteiger partial charge >= 0.3 is 14.2 Å². The molecule has 0 aliphatic heterocycles. The van der Waals surface area contributed by atoms with Gasteiger partial charge in [-0.15, -0.1) is 22.7 Å². The summed E-state index contributed by atoms with van der Waals surface area (Å²) in [6, 6.07) is 3.01. The Morgan fingerprint density at radius 1 is 1.00 bits per heavy atom. The number of rotatable bonds is 4. The minimum Gasteiger partial charge on any atom is -0.423 e. The Labute approximate surface area is 123 Å². The molecule has 0 amide bonds. The lowest BCUT2D eigenvalue weighted by Crippen LogP contribution is -2.27. The highest BCUT2D eigenvalue weighted by Crippen LogP contribution is 2.05. The Hall–Kier alpha value is -1.00. The molecule has 0 fully saturated rings. The molecule has 0 unspecified atom stereocenters. The van der Waals surface area contributed by atoms with Gasteiger partial charge in [0.2, 0.25) is 0 Å². The van der Waals surface area contributed by atoms with Gasteiger partial charge in [0.15, 0.2) is 6.29 Å². The van der Waals surface area contributed by atoms with Crippen LogP contribution in [0.15, 0.2) is 22.9 Å². The molecule has 0 aliphatic carbocycles. The molecule has 0 aromatic carbocycles. The highest BCUT2D eigenvalue weighted by molar-refractivity contribution is 7.12. The van der Waals surface area contributed by atoms with Gasteiger partial charge in [0.05, 0.1) is 11.5 Å². The molecule has 0 saturated heterocycles. The molecule has 106 valence electrons. The van der Waals surface area contributed by atoms with Crippen LogP contribution in [0.4, 0.5) is 0 Å². The Morgan fingerprint density at radius 2 is 1.55 bits per heavy atom. The minimum atomic E-state index is -1.47. The molecular formula is C10H12B2O6S2. The summed E-state index contributed by atoms with van der Waals surface area (Å²) in [4.78, 5) is 11.3. The molecule has 6 nitrogen and oxygen atoms in total. The summed E-state index contributed by atoms with van der Waals surface area (Å²) in [6.07, 6.45) is 0.677. The van der Waals surface area contributed by atoms with Gasteiger partial charge in [-0.3, -0.25) is 4.79 Å². The maximum Gasteiger partial charge on any atom is 0.489 e. The maximum absolute atomic E-state index is 10.1. The molecule has 2 aromatic heterocycles. The van der Waals surface area contributed by atoms with Crippen molar-refractivity contribution in [3.8, 4) is 0 Å². The second-order valence-corrected chi connectivity index (χ2v) is 5.59. The van der Waals surface area contributed by atoms with Gasteiger partial charge in [0, 0.05) is 4.88 Å². The molecule has 0 spiro atoms. The normalized spacial score (nSPS) is 9.65. The largest absolute Gasteiger partial charge is 0.489 e. The number of carbonyl (C=O) groups is 1. The van der Waals surface area contributed by atoms with Gasteiger partial charge in [0.1, 0.15) is 0 Å². The zero-order valence-electron chi connectivity index (χ0n) is 10.2. The molecule has 2 aromatic rings. The van der Waals surface area contributed by atoms with Gasteiger partial charge in [-0.25, -0.2) is 0 Å². The predicted octanol–water partition coefficient (Wildman–Crippen LogP) is -1.84.